The fourth-order valence-corrected chi connectivity index (χ4v) is 6.42. The van der Waals surface area contributed by atoms with Gasteiger partial charge in [0.25, 0.3) is 0 Å². The van der Waals surface area contributed by atoms with Crippen LogP contribution in [-0.4, -0.2) is 5.92 Å². The zero-order chi connectivity index (χ0) is 13.0. The van der Waals surface area contributed by atoms with Gasteiger partial charge >= 0.3 is 0 Å². The van der Waals surface area contributed by atoms with Crippen molar-refractivity contribution < 1.29 is 8.78 Å². The number of alkyl halides is 2. The molecule has 4 aliphatic carbocycles. The molecular weight excluding hydrogens is 242 g/mol. The molecule has 0 aliphatic heterocycles. The summed E-state index contributed by atoms with van der Waals surface area (Å²) in [4.78, 5) is 0. The van der Waals surface area contributed by atoms with Crippen molar-refractivity contribution in [3.05, 3.63) is 0 Å². The molecule has 4 fully saturated rings. The molecule has 2 heteroatoms. The zero-order valence-corrected chi connectivity index (χ0v) is 11.8. The monoisotopic (exact) mass is 268 g/mol. The highest BCUT2D eigenvalue weighted by Crippen LogP contribution is 2.59. The summed E-state index contributed by atoms with van der Waals surface area (Å²) in [6.07, 6.45) is 10.7. The van der Waals surface area contributed by atoms with Crippen molar-refractivity contribution in [3.63, 3.8) is 0 Å². The van der Waals surface area contributed by atoms with E-state index in [-0.39, 0.29) is 12.8 Å². The number of fused-ring (bicyclic) bond motifs is 5. The second-order valence-electron chi connectivity index (χ2n) is 7.86. The van der Waals surface area contributed by atoms with Gasteiger partial charge in [0.1, 0.15) is 0 Å². The van der Waals surface area contributed by atoms with Crippen LogP contribution in [0, 0.1) is 35.5 Å². The maximum Gasteiger partial charge on any atom is 0.248 e. The Balaban J connectivity index is 1.53. The van der Waals surface area contributed by atoms with Crippen LogP contribution in [-0.2, 0) is 0 Å². The highest BCUT2D eigenvalue weighted by molar-refractivity contribution is 5.00. The Labute approximate surface area is 115 Å². The average molecular weight is 268 g/mol. The fraction of sp³-hybridized carbons (Fsp3) is 1.00. The third-order valence-corrected chi connectivity index (χ3v) is 7.12. The highest BCUT2D eigenvalue weighted by Gasteiger charge is 2.52. The molecule has 4 rings (SSSR count). The Bertz CT molecular complexity index is 351. The van der Waals surface area contributed by atoms with Crippen LogP contribution in [0.25, 0.3) is 0 Å². The first-order valence-electron chi connectivity index (χ1n) is 8.52. The molecule has 6 atom stereocenters. The van der Waals surface area contributed by atoms with Crippen LogP contribution in [0.3, 0.4) is 0 Å². The Morgan fingerprint density at radius 1 is 0.632 bits per heavy atom. The molecule has 4 saturated carbocycles. The van der Waals surface area contributed by atoms with Crippen LogP contribution in [0.1, 0.15) is 64.2 Å². The second kappa shape index (κ2) is 4.43. The molecule has 0 aromatic rings. The van der Waals surface area contributed by atoms with Crippen LogP contribution in [0.4, 0.5) is 8.78 Å². The lowest BCUT2D eigenvalue weighted by atomic mass is 9.53. The van der Waals surface area contributed by atoms with E-state index in [2.05, 4.69) is 0 Å². The van der Waals surface area contributed by atoms with E-state index in [9.17, 15) is 8.78 Å². The minimum absolute atomic E-state index is 0.172. The van der Waals surface area contributed by atoms with Gasteiger partial charge in [0.2, 0.25) is 5.92 Å². The fourth-order valence-electron chi connectivity index (χ4n) is 6.42. The maximum absolute atomic E-state index is 13.6. The normalized spacial score (nSPS) is 52.1. The lowest BCUT2D eigenvalue weighted by Crippen LogP contribution is -2.46. The van der Waals surface area contributed by atoms with Crippen LogP contribution < -0.4 is 0 Å². The average Bonchev–Trinajstić information content (AvgIpc) is 2.85. The van der Waals surface area contributed by atoms with Gasteiger partial charge in [0.15, 0.2) is 0 Å². The Hall–Kier alpha value is -0.140. The van der Waals surface area contributed by atoms with Crippen molar-refractivity contribution in [2.75, 3.05) is 0 Å². The molecule has 108 valence electrons. The van der Waals surface area contributed by atoms with Gasteiger partial charge in [-0.2, -0.15) is 0 Å². The predicted molar refractivity (Wildman–Crippen MR) is 72.1 cm³/mol. The molecule has 0 N–H and O–H groups in total. The van der Waals surface area contributed by atoms with E-state index < -0.39 is 5.92 Å². The van der Waals surface area contributed by atoms with Crippen molar-refractivity contribution in [1.29, 1.82) is 0 Å². The first-order chi connectivity index (χ1) is 9.14. The van der Waals surface area contributed by atoms with Crippen molar-refractivity contribution in [2.24, 2.45) is 35.5 Å². The molecule has 0 amide bonds. The highest BCUT2D eigenvalue weighted by atomic mass is 19.3. The molecule has 0 radical (unpaired) electrons. The summed E-state index contributed by atoms with van der Waals surface area (Å²) in [7, 11) is 0. The molecule has 4 aliphatic rings. The van der Waals surface area contributed by atoms with E-state index >= 15 is 0 Å². The quantitative estimate of drug-likeness (QED) is 0.561. The lowest BCUT2D eigenvalue weighted by molar-refractivity contribution is -0.111. The predicted octanol–water partition coefficient (Wildman–Crippen LogP) is 5.27. The Morgan fingerprint density at radius 3 is 2.11 bits per heavy atom. The van der Waals surface area contributed by atoms with E-state index in [1.165, 1.54) is 38.5 Å². The van der Waals surface area contributed by atoms with Gasteiger partial charge in [-0.25, -0.2) is 8.78 Å². The van der Waals surface area contributed by atoms with E-state index in [1.807, 2.05) is 0 Å². The minimum atomic E-state index is -2.35. The molecule has 0 saturated heterocycles. The molecule has 3 unspecified atom stereocenters. The summed E-state index contributed by atoms with van der Waals surface area (Å²) in [6.45, 7) is 0. The standard InChI is InChI=1S/C17H26F2/c18-17(19)9-8-14-12(10-17)5-7-15-13-3-1-2-11(13)4-6-16(14)15/h11-16H,1-10H2/t11?,12-,13+,14?,15?,16+/m0/s1. The van der Waals surface area contributed by atoms with Crippen LogP contribution in [0.2, 0.25) is 0 Å². The number of rotatable bonds is 0. The van der Waals surface area contributed by atoms with E-state index in [0.717, 1.165) is 36.5 Å². The maximum atomic E-state index is 13.6. The summed E-state index contributed by atoms with van der Waals surface area (Å²) in [5.74, 6) is 2.36. The summed E-state index contributed by atoms with van der Waals surface area (Å²) < 4.78 is 27.2. The SMILES string of the molecule is FC1(F)CCC2[C@@H](CCC3[C@@H]4CCCC4CC[C@H]23)C1. The van der Waals surface area contributed by atoms with Gasteiger partial charge in [-0.05, 0) is 74.0 Å². The van der Waals surface area contributed by atoms with E-state index in [4.69, 9.17) is 0 Å². The summed E-state index contributed by atoms with van der Waals surface area (Å²) >= 11 is 0. The van der Waals surface area contributed by atoms with Gasteiger partial charge in [0, 0.05) is 12.8 Å². The van der Waals surface area contributed by atoms with Gasteiger partial charge in [0.05, 0.1) is 0 Å². The Morgan fingerprint density at radius 2 is 1.32 bits per heavy atom. The molecule has 0 aromatic carbocycles. The molecule has 19 heavy (non-hydrogen) atoms. The molecule has 0 nitrogen and oxygen atoms in total. The number of hydrogen-bond donors (Lipinski definition) is 0. The van der Waals surface area contributed by atoms with Crippen molar-refractivity contribution in [3.8, 4) is 0 Å². The second-order valence-corrected chi connectivity index (χ2v) is 7.86. The molecule has 0 bridgehead atoms. The molecule has 0 spiro atoms. The molecular formula is C17H26F2. The van der Waals surface area contributed by atoms with Gasteiger partial charge in [-0.15, -0.1) is 0 Å². The first kappa shape index (κ1) is 12.6. The van der Waals surface area contributed by atoms with Crippen molar-refractivity contribution >= 4 is 0 Å². The van der Waals surface area contributed by atoms with Gasteiger partial charge in [-0.1, -0.05) is 12.8 Å². The summed E-state index contributed by atoms with van der Waals surface area (Å²) in [5, 5.41) is 0. The Kier molecular flexibility index (Phi) is 2.93. The summed E-state index contributed by atoms with van der Waals surface area (Å²) in [6, 6.07) is 0. The van der Waals surface area contributed by atoms with Gasteiger partial charge < -0.3 is 0 Å². The lowest BCUT2D eigenvalue weighted by Gasteiger charge is -2.52. The first-order valence-corrected chi connectivity index (χ1v) is 8.52. The number of halogens is 2. The van der Waals surface area contributed by atoms with Gasteiger partial charge in [-0.3, -0.25) is 0 Å². The summed E-state index contributed by atoms with van der Waals surface area (Å²) in [5.41, 5.74) is 0. The van der Waals surface area contributed by atoms with Crippen LogP contribution in [0.5, 0.6) is 0 Å². The third-order valence-electron chi connectivity index (χ3n) is 7.12. The van der Waals surface area contributed by atoms with Crippen molar-refractivity contribution in [1.82, 2.24) is 0 Å². The largest absolute Gasteiger partial charge is 0.248 e. The topological polar surface area (TPSA) is 0 Å². The molecule has 0 aromatic heterocycles. The molecule has 0 heterocycles. The number of hydrogen-bond acceptors (Lipinski definition) is 0. The van der Waals surface area contributed by atoms with E-state index in [1.54, 1.807) is 0 Å². The third kappa shape index (κ3) is 2.05. The van der Waals surface area contributed by atoms with Crippen molar-refractivity contribution in [2.45, 2.75) is 70.1 Å². The van der Waals surface area contributed by atoms with Crippen LogP contribution >= 0.6 is 0 Å². The van der Waals surface area contributed by atoms with E-state index in [0.29, 0.717) is 11.8 Å². The zero-order valence-electron chi connectivity index (χ0n) is 11.8. The smallest absolute Gasteiger partial charge is 0.207 e. The van der Waals surface area contributed by atoms with Crippen LogP contribution in [0.15, 0.2) is 0 Å². The minimum Gasteiger partial charge on any atom is -0.207 e.